The number of halogens is 2. The third kappa shape index (κ3) is 7.08. The van der Waals surface area contributed by atoms with Crippen LogP contribution in [0, 0.1) is 5.82 Å². The zero-order chi connectivity index (χ0) is 17.8. The molecule has 0 bridgehead atoms. The Morgan fingerprint density at radius 3 is 2.43 bits per heavy atom. The highest BCUT2D eigenvalue weighted by Gasteiger charge is 2.09. The summed E-state index contributed by atoms with van der Waals surface area (Å²) in [4.78, 5) is 10.8. The first kappa shape index (κ1) is 20.8. The monoisotopic (exact) mass is 326 g/mol. The molecule has 0 aliphatic carbocycles. The van der Waals surface area contributed by atoms with E-state index in [9.17, 15) is 13.6 Å². The average Bonchev–Trinajstić information content (AvgIpc) is 2.55. The Morgan fingerprint density at radius 1 is 1.26 bits per heavy atom. The molecule has 0 amide bonds. The first-order valence-corrected chi connectivity index (χ1v) is 7.70. The summed E-state index contributed by atoms with van der Waals surface area (Å²) in [5.74, 6) is -2.18. The van der Waals surface area contributed by atoms with E-state index in [1.54, 1.807) is 13.0 Å². The van der Waals surface area contributed by atoms with Gasteiger partial charge in [0.2, 0.25) is 0 Å². The van der Waals surface area contributed by atoms with Crippen LogP contribution in [-0.4, -0.2) is 17.7 Å². The quantitative estimate of drug-likeness (QED) is 0.548. The van der Waals surface area contributed by atoms with Crippen LogP contribution in [0.15, 0.2) is 41.9 Å². The molecule has 1 aromatic rings. The van der Waals surface area contributed by atoms with Crippen LogP contribution >= 0.6 is 0 Å². The number of ether oxygens (including phenoxy) is 1. The molecule has 3 nitrogen and oxygen atoms in total. The lowest BCUT2D eigenvalue weighted by Gasteiger charge is -2.07. The Labute approximate surface area is 136 Å². The Morgan fingerprint density at radius 2 is 1.91 bits per heavy atom. The molecule has 0 saturated carbocycles. The van der Waals surface area contributed by atoms with Crippen molar-refractivity contribution in [2.75, 3.05) is 6.61 Å². The zero-order valence-corrected chi connectivity index (χ0v) is 14.0. The van der Waals surface area contributed by atoms with Crippen molar-refractivity contribution in [3.63, 3.8) is 0 Å². The van der Waals surface area contributed by atoms with E-state index in [-0.39, 0.29) is 23.3 Å². The summed E-state index contributed by atoms with van der Waals surface area (Å²) in [5.41, 5.74) is 0.0896. The second kappa shape index (κ2) is 11.4. The van der Waals surface area contributed by atoms with Crippen LogP contribution in [-0.2, 0) is 11.2 Å². The molecule has 0 aliphatic rings. The van der Waals surface area contributed by atoms with Crippen LogP contribution in [0.2, 0.25) is 0 Å². The van der Waals surface area contributed by atoms with Gasteiger partial charge in [0.1, 0.15) is 5.82 Å². The minimum atomic E-state index is -1.15. The van der Waals surface area contributed by atoms with Crippen molar-refractivity contribution in [1.82, 2.24) is 0 Å². The average molecular weight is 326 g/mol. The number of carbonyl (C=O) groups is 1. The number of benzene rings is 1. The molecule has 23 heavy (non-hydrogen) atoms. The van der Waals surface area contributed by atoms with E-state index in [2.05, 4.69) is 0 Å². The van der Waals surface area contributed by atoms with Crippen molar-refractivity contribution in [2.24, 2.45) is 0 Å². The van der Waals surface area contributed by atoms with Crippen molar-refractivity contribution >= 4 is 5.97 Å². The fourth-order valence-corrected chi connectivity index (χ4v) is 1.73. The van der Waals surface area contributed by atoms with Crippen molar-refractivity contribution in [1.29, 1.82) is 0 Å². The topological polar surface area (TPSA) is 46.5 Å². The summed E-state index contributed by atoms with van der Waals surface area (Å²) in [7, 11) is 0. The molecular formula is C18H24F2O3. The van der Waals surface area contributed by atoms with Crippen LogP contribution in [0.25, 0.3) is 0 Å². The van der Waals surface area contributed by atoms with E-state index in [4.69, 9.17) is 9.84 Å². The van der Waals surface area contributed by atoms with Gasteiger partial charge >= 0.3 is 5.97 Å². The van der Waals surface area contributed by atoms with Gasteiger partial charge in [-0.15, -0.1) is 0 Å². The third-order valence-corrected chi connectivity index (χ3v) is 2.72. The molecule has 0 fully saturated rings. The molecule has 0 radical (unpaired) electrons. The smallest absolute Gasteiger partial charge is 0.335 e. The summed E-state index contributed by atoms with van der Waals surface area (Å²) < 4.78 is 32.7. The van der Waals surface area contributed by atoms with Gasteiger partial charge in [0.15, 0.2) is 11.6 Å². The van der Waals surface area contributed by atoms with E-state index < -0.39 is 17.6 Å². The molecule has 0 heterocycles. The first-order valence-electron chi connectivity index (χ1n) is 7.70. The van der Waals surface area contributed by atoms with Crippen molar-refractivity contribution in [2.45, 2.75) is 40.5 Å². The number of hydrogen-bond acceptors (Lipinski definition) is 2. The lowest BCUT2D eigenvalue weighted by atomic mass is 10.1. The number of hydrogen-bond donors (Lipinski definition) is 1. The van der Waals surface area contributed by atoms with Crippen molar-refractivity contribution in [3.05, 3.63) is 58.9 Å². The molecule has 128 valence electrons. The maximum atomic E-state index is 13.9. The fourth-order valence-electron chi connectivity index (χ4n) is 1.73. The standard InChI is InChI=1S/C16H18F2O3.C2H6/c1-3-5-15(21-4-2)14(18)9-6-11-10-12(16(19)20)7-8-13(11)17;1-2/h5,7-10H,3-4,6H2,1-2H3,(H,19,20);1-2H3/b14-9+,15-5+;. The summed E-state index contributed by atoms with van der Waals surface area (Å²) in [5, 5.41) is 8.86. The summed E-state index contributed by atoms with van der Waals surface area (Å²) in [6.07, 6.45) is 3.34. The van der Waals surface area contributed by atoms with Crippen molar-refractivity contribution < 1.29 is 23.4 Å². The Hall–Kier alpha value is -2.17. The number of rotatable bonds is 7. The van der Waals surface area contributed by atoms with Crippen LogP contribution in [0.1, 0.15) is 50.0 Å². The zero-order valence-electron chi connectivity index (χ0n) is 14.0. The molecule has 0 atom stereocenters. The number of carboxylic acids is 1. The summed E-state index contributed by atoms with van der Waals surface area (Å²) in [6, 6.07) is 3.44. The second-order valence-corrected chi connectivity index (χ2v) is 4.28. The Balaban J connectivity index is 0.00000232. The van der Waals surface area contributed by atoms with E-state index in [1.807, 2.05) is 20.8 Å². The van der Waals surface area contributed by atoms with Gasteiger partial charge in [-0.2, -0.15) is 0 Å². The SMILES string of the molecule is CC.CC/C=C(OCC)\C(F)=C/Cc1cc(C(=O)O)ccc1F. The molecule has 0 aromatic heterocycles. The maximum Gasteiger partial charge on any atom is 0.335 e. The fraction of sp³-hybridized carbons (Fsp3) is 0.389. The Bertz CT molecular complexity index is 563. The normalized spacial score (nSPS) is 11.6. The maximum absolute atomic E-state index is 13.9. The lowest BCUT2D eigenvalue weighted by Crippen LogP contribution is -2.00. The van der Waals surface area contributed by atoms with Gasteiger partial charge in [-0.3, -0.25) is 0 Å². The van der Waals surface area contributed by atoms with Crippen LogP contribution < -0.4 is 0 Å². The predicted octanol–water partition coefficient (Wildman–Crippen LogP) is 5.28. The third-order valence-electron chi connectivity index (χ3n) is 2.72. The van der Waals surface area contributed by atoms with E-state index in [0.29, 0.717) is 13.0 Å². The highest BCUT2D eigenvalue weighted by atomic mass is 19.1. The summed E-state index contributed by atoms with van der Waals surface area (Å²) in [6.45, 7) is 7.92. The van der Waals surface area contributed by atoms with Crippen LogP contribution in [0.5, 0.6) is 0 Å². The van der Waals surface area contributed by atoms with Gasteiger partial charge in [-0.25, -0.2) is 13.6 Å². The van der Waals surface area contributed by atoms with Crippen LogP contribution in [0.4, 0.5) is 8.78 Å². The molecular weight excluding hydrogens is 302 g/mol. The van der Waals surface area contributed by atoms with Gasteiger partial charge in [0, 0.05) is 0 Å². The van der Waals surface area contributed by atoms with E-state index >= 15 is 0 Å². The first-order chi connectivity index (χ1) is 11.0. The molecule has 0 spiro atoms. The van der Waals surface area contributed by atoms with Crippen molar-refractivity contribution in [3.8, 4) is 0 Å². The van der Waals surface area contributed by atoms with Gasteiger partial charge in [-0.05, 0) is 55.7 Å². The molecule has 1 rings (SSSR count). The summed E-state index contributed by atoms with van der Waals surface area (Å²) >= 11 is 0. The molecule has 0 unspecified atom stereocenters. The second-order valence-electron chi connectivity index (χ2n) is 4.28. The minimum absolute atomic E-state index is 0.0330. The molecule has 0 saturated heterocycles. The molecule has 1 N–H and O–H groups in total. The van der Waals surface area contributed by atoms with Gasteiger partial charge < -0.3 is 9.84 Å². The number of allylic oxidation sites excluding steroid dienone is 3. The van der Waals surface area contributed by atoms with Gasteiger partial charge in [0.25, 0.3) is 0 Å². The van der Waals surface area contributed by atoms with Crippen LogP contribution in [0.3, 0.4) is 0 Å². The van der Waals surface area contributed by atoms with Gasteiger partial charge in [0.05, 0.1) is 12.2 Å². The highest BCUT2D eigenvalue weighted by Crippen LogP contribution is 2.17. The highest BCUT2D eigenvalue weighted by molar-refractivity contribution is 5.87. The number of carboxylic acid groups (broad SMARTS) is 1. The van der Waals surface area contributed by atoms with E-state index in [0.717, 1.165) is 6.07 Å². The molecule has 1 aromatic carbocycles. The molecule has 5 heteroatoms. The Kier molecular flexibility index (Phi) is 10.3. The largest absolute Gasteiger partial charge is 0.491 e. The minimum Gasteiger partial charge on any atom is -0.491 e. The molecule has 0 aliphatic heterocycles. The lowest BCUT2D eigenvalue weighted by molar-refractivity contribution is 0.0696. The number of aromatic carboxylic acids is 1. The van der Waals surface area contributed by atoms with E-state index in [1.165, 1.54) is 18.2 Å². The predicted molar refractivity (Wildman–Crippen MR) is 87.6 cm³/mol. The van der Waals surface area contributed by atoms with Gasteiger partial charge in [-0.1, -0.05) is 20.8 Å².